The fourth-order valence-electron chi connectivity index (χ4n) is 0.721. The molecule has 6 heteroatoms. The van der Waals surface area contributed by atoms with Crippen LogP contribution in [0.4, 0.5) is 0 Å². The molecule has 0 unspecified atom stereocenters. The third kappa shape index (κ3) is 2.43. The molecule has 0 aromatic heterocycles. The Morgan fingerprint density at radius 3 is 2.46 bits per heavy atom. The van der Waals surface area contributed by atoms with E-state index in [4.69, 9.17) is 5.26 Å². The Balaban J connectivity index is 2.90. The first-order valence-corrected chi connectivity index (χ1v) is 4.77. The molecule has 0 saturated heterocycles. The number of sulfonamides is 1. The van der Waals surface area contributed by atoms with Gasteiger partial charge in [0.1, 0.15) is 0 Å². The summed E-state index contributed by atoms with van der Waals surface area (Å²) >= 11 is 0. The van der Waals surface area contributed by atoms with Gasteiger partial charge >= 0.3 is 6.26 Å². The summed E-state index contributed by atoms with van der Waals surface area (Å²) in [5.41, 5.74) is 0. The molecule has 1 rings (SSSR count). The zero-order chi connectivity index (χ0) is 9.73. The summed E-state index contributed by atoms with van der Waals surface area (Å²) in [6, 6.07) is 7.61. The molecular formula is C7H6N2O3S. The molecule has 0 spiro atoms. The normalized spacial score (nSPS) is 10.4. The maximum absolute atomic E-state index is 11.2. The fraction of sp³-hybridized carbons (Fsp3) is 0. The average molecular weight is 198 g/mol. The van der Waals surface area contributed by atoms with Gasteiger partial charge in [0.15, 0.2) is 0 Å². The molecule has 1 aromatic carbocycles. The summed E-state index contributed by atoms with van der Waals surface area (Å²) in [5, 5.41) is 7.98. The highest BCUT2D eigenvalue weighted by Crippen LogP contribution is 2.06. The molecule has 0 saturated carbocycles. The number of nitrogens with zero attached hydrogens (tertiary/aromatic N) is 1. The quantitative estimate of drug-likeness (QED) is 0.562. The second kappa shape index (κ2) is 3.89. The molecule has 1 N–H and O–H groups in total. The molecule has 0 aliphatic heterocycles. The van der Waals surface area contributed by atoms with Gasteiger partial charge in [-0.05, 0) is 17.0 Å². The SMILES string of the molecule is N#CONS(=O)(=O)c1ccccc1. The van der Waals surface area contributed by atoms with Crippen molar-refractivity contribution in [3.05, 3.63) is 30.3 Å². The monoisotopic (exact) mass is 198 g/mol. The van der Waals surface area contributed by atoms with E-state index in [1.807, 2.05) is 0 Å². The third-order valence-corrected chi connectivity index (χ3v) is 2.45. The van der Waals surface area contributed by atoms with E-state index in [1.165, 1.54) is 18.4 Å². The minimum absolute atomic E-state index is 0.0465. The molecular weight excluding hydrogens is 192 g/mol. The Kier molecular flexibility index (Phi) is 2.84. The van der Waals surface area contributed by atoms with Crippen molar-refractivity contribution in [3.63, 3.8) is 0 Å². The van der Waals surface area contributed by atoms with Gasteiger partial charge in [-0.1, -0.05) is 18.2 Å². The average Bonchev–Trinajstić information content (AvgIpc) is 2.16. The van der Waals surface area contributed by atoms with Gasteiger partial charge in [0.25, 0.3) is 10.0 Å². The highest BCUT2D eigenvalue weighted by Gasteiger charge is 2.12. The van der Waals surface area contributed by atoms with Crippen LogP contribution in [0.15, 0.2) is 35.2 Å². The van der Waals surface area contributed by atoms with Gasteiger partial charge in [0.05, 0.1) is 4.90 Å². The summed E-state index contributed by atoms with van der Waals surface area (Å²) in [6.07, 6.45) is 1.20. The van der Waals surface area contributed by atoms with Gasteiger partial charge in [0, 0.05) is 0 Å². The van der Waals surface area contributed by atoms with Crippen molar-refractivity contribution >= 4 is 10.0 Å². The second-order valence-electron chi connectivity index (χ2n) is 2.09. The van der Waals surface area contributed by atoms with Crippen molar-refractivity contribution in [3.8, 4) is 6.26 Å². The highest BCUT2D eigenvalue weighted by molar-refractivity contribution is 7.89. The van der Waals surface area contributed by atoms with Crippen LogP contribution in [-0.2, 0) is 14.9 Å². The van der Waals surface area contributed by atoms with Crippen LogP contribution in [0, 0.1) is 11.5 Å². The van der Waals surface area contributed by atoms with Crippen LogP contribution >= 0.6 is 0 Å². The second-order valence-corrected chi connectivity index (χ2v) is 3.74. The molecule has 0 amide bonds. The van der Waals surface area contributed by atoms with Gasteiger partial charge in [-0.3, -0.25) is 0 Å². The molecule has 1 aromatic rings. The number of nitriles is 1. The molecule has 0 aliphatic carbocycles. The smallest absolute Gasteiger partial charge is 0.308 e. The van der Waals surface area contributed by atoms with E-state index in [2.05, 4.69) is 4.84 Å². The van der Waals surface area contributed by atoms with E-state index in [0.29, 0.717) is 0 Å². The van der Waals surface area contributed by atoms with Crippen molar-refractivity contribution in [1.82, 2.24) is 4.89 Å². The Hall–Kier alpha value is -1.58. The van der Waals surface area contributed by atoms with Crippen LogP contribution in [-0.4, -0.2) is 8.42 Å². The summed E-state index contributed by atoms with van der Waals surface area (Å²) in [6.45, 7) is 0. The Bertz CT molecular complexity index is 407. The Labute approximate surface area is 75.6 Å². The predicted octanol–water partition coefficient (Wildman–Crippen LogP) is 0.378. The lowest BCUT2D eigenvalue weighted by molar-refractivity contribution is 0.222. The molecule has 0 aliphatic rings. The number of rotatable bonds is 3. The van der Waals surface area contributed by atoms with Crippen LogP contribution in [0.5, 0.6) is 0 Å². The highest BCUT2D eigenvalue weighted by atomic mass is 32.2. The largest absolute Gasteiger partial charge is 0.315 e. The van der Waals surface area contributed by atoms with E-state index in [9.17, 15) is 8.42 Å². The number of hydrogen-bond donors (Lipinski definition) is 1. The van der Waals surface area contributed by atoms with Crippen LogP contribution in [0.3, 0.4) is 0 Å². The van der Waals surface area contributed by atoms with E-state index in [1.54, 1.807) is 23.1 Å². The van der Waals surface area contributed by atoms with Gasteiger partial charge < -0.3 is 4.84 Å². The summed E-state index contributed by atoms with van der Waals surface area (Å²) in [7, 11) is -3.72. The minimum Gasteiger partial charge on any atom is -0.315 e. The van der Waals surface area contributed by atoms with Gasteiger partial charge in [-0.15, -0.1) is 5.26 Å². The lowest BCUT2D eigenvalue weighted by Crippen LogP contribution is -2.21. The first-order valence-electron chi connectivity index (χ1n) is 3.28. The number of hydrogen-bond acceptors (Lipinski definition) is 4. The minimum atomic E-state index is -3.72. The molecule has 68 valence electrons. The van der Waals surface area contributed by atoms with Crippen LogP contribution < -0.4 is 4.89 Å². The first-order chi connectivity index (χ1) is 6.17. The van der Waals surface area contributed by atoms with Crippen LogP contribution in [0.2, 0.25) is 0 Å². The van der Waals surface area contributed by atoms with Gasteiger partial charge in [-0.25, -0.2) is 8.42 Å². The third-order valence-electron chi connectivity index (χ3n) is 1.25. The molecule has 0 heterocycles. The fourth-order valence-corrected chi connectivity index (χ4v) is 1.48. The number of benzene rings is 1. The van der Waals surface area contributed by atoms with Crippen molar-refractivity contribution in [2.75, 3.05) is 0 Å². The molecule has 0 radical (unpaired) electrons. The van der Waals surface area contributed by atoms with E-state index in [0.717, 1.165) is 0 Å². The summed E-state index contributed by atoms with van der Waals surface area (Å²) < 4.78 is 22.4. The Morgan fingerprint density at radius 2 is 1.92 bits per heavy atom. The molecule has 5 nitrogen and oxygen atoms in total. The standard InChI is InChI=1S/C7H6N2O3S/c8-6-12-9-13(10,11)7-4-2-1-3-5-7/h1-5,9H. The summed E-state index contributed by atoms with van der Waals surface area (Å²) in [4.78, 5) is 5.60. The van der Waals surface area contributed by atoms with Crippen LogP contribution in [0.1, 0.15) is 0 Å². The Morgan fingerprint density at radius 1 is 1.31 bits per heavy atom. The first kappa shape index (κ1) is 9.51. The van der Waals surface area contributed by atoms with Crippen molar-refractivity contribution in [2.24, 2.45) is 0 Å². The molecule has 13 heavy (non-hydrogen) atoms. The molecule has 0 atom stereocenters. The molecule has 0 fully saturated rings. The van der Waals surface area contributed by atoms with E-state index >= 15 is 0 Å². The maximum Gasteiger partial charge on any atom is 0.308 e. The van der Waals surface area contributed by atoms with Crippen LogP contribution in [0.25, 0.3) is 0 Å². The molecule has 0 bridgehead atoms. The van der Waals surface area contributed by atoms with Crippen molar-refractivity contribution in [1.29, 1.82) is 5.26 Å². The number of nitrogens with one attached hydrogen (secondary N) is 1. The lowest BCUT2D eigenvalue weighted by Gasteiger charge is -2.00. The summed E-state index contributed by atoms with van der Waals surface area (Å²) in [5.74, 6) is 0. The predicted molar refractivity (Wildman–Crippen MR) is 43.5 cm³/mol. The maximum atomic E-state index is 11.2. The zero-order valence-electron chi connectivity index (χ0n) is 6.47. The van der Waals surface area contributed by atoms with Crippen molar-refractivity contribution in [2.45, 2.75) is 4.90 Å². The van der Waals surface area contributed by atoms with E-state index < -0.39 is 10.0 Å². The zero-order valence-corrected chi connectivity index (χ0v) is 7.28. The van der Waals surface area contributed by atoms with E-state index in [-0.39, 0.29) is 4.90 Å². The van der Waals surface area contributed by atoms with Gasteiger partial charge in [0.2, 0.25) is 0 Å². The lowest BCUT2D eigenvalue weighted by atomic mass is 10.4. The topological polar surface area (TPSA) is 79.2 Å². The van der Waals surface area contributed by atoms with Gasteiger partial charge in [-0.2, -0.15) is 0 Å². The van der Waals surface area contributed by atoms with Crippen molar-refractivity contribution < 1.29 is 13.3 Å².